The molecule has 0 aromatic heterocycles. The fourth-order valence-corrected chi connectivity index (χ4v) is 0.618. The first-order chi connectivity index (χ1) is 4.50. The summed E-state index contributed by atoms with van der Waals surface area (Å²) in [5.74, 6) is 0. The van der Waals surface area contributed by atoms with Gasteiger partial charge in [-0.15, -0.1) is 0 Å². The van der Waals surface area contributed by atoms with Crippen molar-refractivity contribution in [1.29, 1.82) is 0 Å². The minimum Gasteiger partial charge on any atom is -0.264 e. The molecule has 10 heavy (non-hydrogen) atoms. The average molecular weight is 153 g/mol. The van der Waals surface area contributed by atoms with Crippen LogP contribution in [0.15, 0.2) is 12.3 Å². The van der Waals surface area contributed by atoms with Gasteiger partial charge in [-0.3, -0.25) is 9.90 Å². The van der Waals surface area contributed by atoms with Crippen LogP contribution in [0.2, 0.25) is 0 Å². The molecule has 1 aliphatic heterocycles. The van der Waals surface area contributed by atoms with Gasteiger partial charge in [-0.05, 0) is 6.08 Å². The van der Waals surface area contributed by atoms with E-state index in [9.17, 15) is 13.2 Å². The fraction of sp³-hybridized carbons (Fsp3) is 0.600. The molecule has 2 nitrogen and oxygen atoms in total. The van der Waals surface area contributed by atoms with E-state index >= 15 is 0 Å². The van der Waals surface area contributed by atoms with Crippen molar-refractivity contribution in [3.63, 3.8) is 0 Å². The predicted molar refractivity (Wildman–Crippen MR) is 27.8 cm³/mol. The van der Waals surface area contributed by atoms with Crippen molar-refractivity contribution in [2.45, 2.75) is 12.3 Å². The number of halogens is 3. The topological polar surface area (TPSA) is 12.5 Å². The largest absolute Gasteiger partial charge is 0.420 e. The lowest BCUT2D eigenvalue weighted by molar-refractivity contribution is -0.249. The number of alkyl halides is 3. The third-order valence-electron chi connectivity index (χ3n) is 1.07. The summed E-state index contributed by atoms with van der Waals surface area (Å²) in [6.07, 6.45) is -3.86. The first-order valence-electron chi connectivity index (χ1n) is 2.65. The Morgan fingerprint density at radius 2 is 2.10 bits per heavy atom. The van der Waals surface area contributed by atoms with E-state index in [-0.39, 0.29) is 0 Å². The van der Waals surface area contributed by atoms with E-state index in [2.05, 4.69) is 4.84 Å². The molecular weight excluding hydrogens is 147 g/mol. The van der Waals surface area contributed by atoms with Gasteiger partial charge in [0.05, 0.1) is 0 Å². The van der Waals surface area contributed by atoms with Crippen LogP contribution < -0.4 is 0 Å². The van der Waals surface area contributed by atoms with E-state index in [4.69, 9.17) is 0 Å². The van der Waals surface area contributed by atoms with Gasteiger partial charge in [0.2, 0.25) is 6.10 Å². The van der Waals surface area contributed by atoms with E-state index < -0.39 is 12.3 Å². The molecule has 0 bridgehead atoms. The van der Waals surface area contributed by atoms with Gasteiger partial charge in [-0.1, -0.05) is 0 Å². The average Bonchev–Trinajstić information content (AvgIpc) is 2.11. The van der Waals surface area contributed by atoms with Gasteiger partial charge in [0.25, 0.3) is 0 Å². The van der Waals surface area contributed by atoms with Gasteiger partial charge >= 0.3 is 6.18 Å². The first-order valence-corrected chi connectivity index (χ1v) is 2.65. The molecule has 1 unspecified atom stereocenters. The molecule has 1 atom stereocenters. The third kappa shape index (κ3) is 1.41. The van der Waals surface area contributed by atoms with Crippen LogP contribution in [0, 0.1) is 0 Å². The summed E-state index contributed by atoms with van der Waals surface area (Å²) >= 11 is 0. The normalized spacial score (nSPS) is 26.0. The maximum absolute atomic E-state index is 11.7. The molecule has 0 aromatic rings. The van der Waals surface area contributed by atoms with Crippen molar-refractivity contribution >= 4 is 0 Å². The fourth-order valence-electron chi connectivity index (χ4n) is 0.618. The Bertz CT molecular complexity index is 153. The molecule has 58 valence electrons. The second-order valence-electron chi connectivity index (χ2n) is 1.96. The first kappa shape index (κ1) is 7.40. The number of hydrogen-bond donors (Lipinski definition) is 0. The van der Waals surface area contributed by atoms with Crippen LogP contribution >= 0.6 is 0 Å². The van der Waals surface area contributed by atoms with Crippen LogP contribution in [0.4, 0.5) is 13.2 Å². The van der Waals surface area contributed by atoms with Gasteiger partial charge < -0.3 is 0 Å². The monoisotopic (exact) mass is 153 g/mol. The highest BCUT2D eigenvalue weighted by Gasteiger charge is 2.42. The number of hydroxylamine groups is 2. The molecule has 1 rings (SSSR count). The Labute approximate surface area is 55.8 Å². The van der Waals surface area contributed by atoms with Gasteiger partial charge in [0.1, 0.15) is 0 Å². The standard InChI is InChI=1S/C5H6F3NO/c1-9-3-2-4(10-9)5(6,7)8/h2-4H,1H3. The Hall–Kier alpha value is -0.710. The highest BCUT2D eigenvalue weighted by atomic mass is 19.4. The lowest BCUT2D eigenvalue weighted by Crippen LogP contribution is -2.29. The lowest BCUT2D eigenvalue weighted by atomic mass is 10.3. The Morgan fingerprint density at radius 3 is 2.30 bits per heavy atom. The molecule has 1 aliphatic rings. The minimum atomic E-state index is -4.29. The van der Waals surface area contributed by atoms with E-state index in [1.807, 2.05) is 0 Å². The van der Waals surface area contributed by atoms with E-state index in [0.29, 0.717) is 0 Å². The third-order valence-corrected chi connectivity index (χ3v) is 1.07. The van der Waals surface area contributed by atoms with Gasteiger partial charge in [0, 0.05) is 13.2 Å². The molecule has 0 saturated carbocycles. The molecule has 0 radical (unpaired) electrons. The summed E-state index contributed by atoms with van der Waals surface area (Å²) in [6, 6.07) is 0. The molecule has 0 saturated heterocycles. The lowest BCUT2D eigenvalue weighted by Gasteiger charge is -2.15. The smallest absolute Gasteiger partial charge is 0.264 e. The molecule has 0 aromatic carbocycles. The van der Waals surface area contributed by atoms with E-state index in [1.165, 1.54) is 13.2 Å². The summed E-state index contributed by atoms with van der Waals surface area (Å²) < 4.78 is 35.2. The molecule has 0 amide bonds. The summed E-state index contributed by atoms with van der Waals surface area (Å²) in [7, 11) is 1.40. The second-order valence-corrected chi connectivity index (χ2v) is 1.96. The number of nitrogens with zero attached hydrogens (tertiary/aromatic N) is 1. The maximum atomic E-state index is 11.7. The predicted octanol–water partition coefficient (Wildman–Crippen LogP) is 1.31. The highest BCUT2D eigenvalue weighted by molar-refractivity contribution is 4.95. The zero-order valence-corrected chi connectivity index (χ0v) is 5.22. The van der Waals surface area contributed by atoms with Gasteiger partial charge in [-0.2, -0.15) is 13.2 Å². The van der Waals surface area contributed by atoms with Crippen LogP contribution in [0.1, 0.15) is 0 Å². The zero-order chi connectivity index (χ0) is 7.78. The summed E-state index contributed by atoms with van der Waals surface area (Å²) in [4.78, 5) is 4.32. The van der Waals surface area contributed by atoms with E-state index in [1.54, 1.807) is 0 Å². The summed E-state index contributed by atoms with van der Waals surface area (Å²) in [6.45, 7) is 0. The summed E-state index contributed by atoms with van der Waals surface area (Å²) in [5.41, 5.74) is 0. The van der Waals surface area contributed by atoms with Crippen LogP contribution in [0.25, 0.3) is 0 Å². The van der Waals surface area contributed by atoms with Crippen molar-refractivity contribution in [3.8, 4) is 0 Å². The molecular formula is C5H6F3NO. The van der Waals surface area contributed by atoms with Crippen molar-refractivity contribution in [1.82, 2.24) is 5.06 Å². The van der Waals surface area contributed by atoms with Crippen LogP contribution in [0.3, 0.4) is 0 Å². The van der Waals surface area contributed by atoms with Crippen molar-refractivity contribution in [2.24, 2.45) is 0 Å². The Kier molecular flexibility index (Phi) is 1.60. The highest BCUT2D eigenvalue weighted by Crippen LogP contribution is 2.27. The molecule has 1 heterocycles. The number of hydrogen-bond acceptors (Lipinski definition) is 2. The van der Waals surface area contributed by atoms with Crippen molar-refractivity contribution in [3.05, 3.63) is 12.3 Å². The quantitative estimate of drug-likeness (QED) is 0.520. The molecule has 0 N–H and O–H groups in total. The van der Waals surface area contributed by atoms with Crippen LogP contribution in [0.5, 0.6) is 0 Å². The molecule has 0 fully saturated rings. The summed E-state index contributed by atoms with van der Waals surface area (Å²) in [5, 5.41) is 1.03. The maximum Gasteiger partial charge on any atom is 0.420 e. The van der Waals surface area contributed by atoms with Gasteiger partial charge in [0.15, 0.2) is 0 Å². The number of rotatable bonds is 0. The van der Waals surface area contributed by atoms with E-state index in [0.717, 1.165) is 11.1 Å². The van der Waals surface area contributed by atoms with Crippen molar-refractivity contribution in [2.75, 3.05) is 7.05 Å². The Morgan fingerprint density at radius 1 is 1.50 bits per heavy atom. The molecule has 0 aliphatic carbocycles. The molecule has 0 spiro atoms. The van der Waals surface area contributed by atoms with Gasteiger partial charge in [-0.25, -0.2) is 0 Å². The van der Waals surface area contributed by atoms with Crippen molar-refractivity contribution < 1.29 is 18.0 Å². The SMILES string of the molecule is CN1C=CC(C(F)(F)F)O1. The minimum absolute atomic E-state index is 0.958. The Balaban J connectivity index is 2.55. The zero-order valence-electron chi connectivity index (χ0n) is 5.22. The second kappa shape index (κ2) is 2.16. The van der Waals surface area contributed by atoms with Crippen LogP contribution in [-0.4, -0.2) is 24.4 Å². The molecule has 5 heteroatoms. The van der Waals surface area contributed by atoms with Crippen LogP contribution in [-0.2, 0) is 4.84 Å².